The van der Waals surface area contributed by atoms with Crippen molar-refractivity contribution in [3.63, 3.8) is 0 Å². The first-order valence-corrected chi connectivity index (χ1v) is 11.8. The molecule has 0 aromatic heterocycles. The summed E-state index contributed by atoms with van der Waals surface area (Å²) in [6, 6.07) is 13.0. The summed E-state index contributed by atoms with van der Waals surface area (Å²) in [4.78, 5) is 30.6. The third-order valence-electron chi connectivity index (χ3n) is 6.23. The lowest BCUT2D eigenvalue weighted by molar-refractivity contribution is -0.146. The number of esters is 1. The SMILES string of the molecule is CCOC(=O)C1C(C)=NC2=C(C(=O)CCC2)[C@H]1c1ccc(OCc2ccc(Cl)cc2)c(OC)c1. The summed E-state index contributed by atoms with van der Waals surface area (Å²) in [6.45, 7) is 4.21. The molecule has 1 aliphatic carbocycles. The number of aliphatic imine (C=N–C) groups is 1. The summed E-state index contributed by atoms with van der Waals surface area (Å²) in [5, 5.41) is 0.666. The van der Waals surface area contributed by atoms with Crippen LogP contribution in [0.15, 0.2) is 58.7 Å². The molecule has 0 bridgehead atoms. The Balaban J connectivity index is 1.70. The van der Waals surface area contributed by atoms with Crippen LogP contribution >= 0.6 is 11.6 Å². The number of ketones is 1. The Kier molecular flexibility index (Phi) is 7.37. The number of carbonyl (C=O) groups is 2. The Morgan fingerprint density at radius 1 is 1.12 bits per heavy atom. The second kappa shape index (κ2) is 10.4. The monoisotopic (exact) mass is 481 g/mol. The number of hydrogen-bond donors (Lipinski definition) is 0. The standard InChI is InChI=1S/C27H28ClNO5/c1-4-33-27(31)24-16(2)29-20-6-5-7-21(30)26(20)25(24)18-10-13-22(23(14-18)32-3)34-15-17-8-11-19(28)12-9-17/h8-14,24-25H,4-7,15H2,1-3H3/t24?,25-/m0/s1. The minimum absolute atomic E-state index is 0.0406. The highest BCUT2D eigenvalue weighted by Crippen LogP contribution is 2.45. The molecule has 1 aliphatic heterocycles. The maximum Gasteiger partial charge on any atom is 0.315 e. The predicted octanol–water partition coefficient (Wildman–Crippen LogP) is 5.67. The molecule has 178 valence electrons. The van der Waals surface area contributed by atoms with Crippen molar-refractivity contribution in [2.75, 3.05) is 13.7 Å². The molecule has 6 nitrogen and oxygen atoms in total. The molecule has 0 saturated heterocycles. The number of allylic oxidation sites excluding steroid dienone is 2. The number of Topliss-reactive ketones (excluding diaryl/α,β-unsaturated/α-hetero) is 1. The van der Waals surface area contributed by atoms with Gasteiger partial charge >= 0.3 is 5.97 Å². The zero-order valence-corrected chi connectivity index (χ0v) is 20.4. The van der Waals surface area contributed by atoms with Gasteiger partial charge in [-0.2, -0.15) is 0 Å². The summed E-state index contributed by atoms with van der Waals surface area (Å²) < 4.78 is 17.0. The summed E-state index contributed by atoms with van der Waals surface area (Å²) in [5.74, 6) is -0.372. The van der Waals surface area contributed by atoms with Crippen LogP contribution in [0.25, 0.3) is 0 Å². The molecule has 34 heavy (non-hydrogen) atoms. The molecule has 0 N–H and O–H groups in total. The molecule has 0 saturated carbocycles. The molecule has 7 heteroatoms. The minimum Gasteiger partial charge on any atom is -0.493 e. The van der Waals surface area contributed by atoms with Crippen molar-refractivity contribution in [2.24, 2.45) is 10.9 Å². The van der Waals surface area contributed by atoms with E-state index < -0.39 is 11.8 Å². The summed E-state index contributed by atoms with van der Waals surface area (Å²) >= 11 is 5.96. The maximum absolute atomic E-state index is 13.0. The molecule has 1 unspecified atom stereocenters. The predicted molar refractivity (Wildman–Crippen MR) is 131 cm³/mol. The Morgan fingerprint density at radius 2 is 1.88 bits per heavy atom. The van der Waals surface area contributed by atoms with E-state index in [1.165, 1.54) is 0 Å². The lowest BCUT2D eigenvalue weighted by atomic mass is 9.71. The number of rotatable bonds is 7. The topological polar surface area (TPSA) is 74.2 Å². The Morgan fingerprint density at radius 3 is 2.59 bits per heavy atom. The van der Waals surface area contributed by atoms with Crippen LogP contribution in [0.2, 0.25) is 5.02 Å². The fraction of sp³-hybridized carbons (Fsp3) is 0.370. The van der Waals surface area contributed by atoms with Gasteiger partial charge in [0.15, 0.2) is 17.3 Å². The fourth-order valence-electron chi connectivity index (χ4n) is 4.64. The molecule has 0 fully saturated rings. The quantitative estimate of drug-likeness (QED) is 0.476. The van der Waals surface area contributed by atoms with Crippen molar-refractivity contribution in [3.05, 3.63) is 69.9 Å². The van der Waals surface area contributed by atoms with Crippen molar-refractivity contribution in [1.82, 2.24) is 0 Å². The van der Waals surface area contributed by atoms with E-state index in [-0.39, 0.29) is 18.4 Å². The highest BCUT2D eigenvalue weighted by atomic mass is 35.5. The number of methoxy groups -OCH3 is 1. The molecule has 1 heterocycles. The molecular formula is C27H28ClNO5. The smallest absolute Gasteiger partial charge is 0.315 e. The van der Waals surface area contributed by atoms with E-state index >= 15 is 0 Å². The van der Waals surface area contributed by atoms with Gasteiger partial charge in [-0.05, 0) is 62.1 Å². The van der Waals surface area contributed by atoms with Crippen molar-refractivity contribution in [3.8, 4) is 11.5 Å². The van der Waals surface area contributed by atoms with Gasteiger partial charge in [0.2, 0.25) is 0 Å². The van der Waals surface area contributed by atoms with Crippen LogP contribution in [0.5, 0.6) is 11.5 Å². The molecule has 4 rings (SSSR count). The third-order valence-corrected chi connectivity index (χ3v) is 6.48. The number of carbonyl (C=O) groups excluding carboxylic acids is 2. The summed E-state index contributed by atoms with van der Waals surface area (Å²) in [6.07, 6.45) is 1.95. The van der Waals surface area contributed by atoms with Crippen LogP contribution in [-0.4, -0.2) is 31.2 Å². The van der Waals surface area contributed by atoms with Crippen molar-refractivity contribution < 1.29 is 23.8 Å². The van der Waals surface area contributed by atoms with Crippen LogP contribution in [0.4, 0.5) is 0 Å². The second-order valence-electron chi connectivity index (χ2n) is 8.42. The highest BCUT2D eigenvalue weighted by Gasteiger charge is 2.43. The largest absolute Gasteiger partial charge is 0.493 e. The van der Waals surface area contributed by atoms with Crippen molar-refractivity contribution in [2.45, 2.75) is 45.6 Å². The molecular weight excluding hydrogens is 454 g/mol. The Labute approximate surface area is 204 Å². The molecule has 2 atom stereocenters. The van der Waals surface area contributed by atoms with Gasteiger partial charge in [0.1, 0.15) is 12.5 Å². The van der Waals surface area contributed by atoms with E-state index in [0.717, 1.165) is 29.7 Å². The van der Waals surface area contributed by atoms with Gasteiger partial charge in [-0.15, -0.1) is 0 Å². The van der Waals surface area contributed by atoms with Gasteiger partial charge < -0.3 is 14.2 Å². The van der Waals surface area contributed by atoms with Gasteiger partial charge in [-0.1, -0.05) is 29.8 Å². The van der Waals surface area contributed by atoms with Crippen LogP contribution in [-0.2, 0) is 20.9 Å². The average molecular weight is 482 g/mol. The molecule has 2 aromatic rings. The van der Waals surface area contributed by atoms with Gasteiger partial charge in [-0.25, -0.2) is 0 Å². The Hall–Kier alpha value is -3.12. The van der Waals surface area contributed by atoms with Crippen molar-refractivity contribution in [1.29, 1.82) is 0 Å². The van der Waals surface area contributed by atoms with Gasteiger partial charge in [-0.3, -0.25) is 14.6 Å². The lowest BCUT2D eigenvalue weighted by Gasteiger charge is -2.34. The molecule has 0 spiro atoms. The molecule has 2 aromatic carbocycles. The maximum atomic E-state index is 13.0. The first-order chi connectivity index (χ1) is 16.4. The number of halogens is 1. The summed E-state index contributed by atoms with van der Waals surface area (Å²) in [7, 11) is 1.57. The molecule has 2 aliphatic rings. The number of benzene rings is 2. The fourth-order valence-corrected chi connectivity index (χ4v) is 4.77. The first kappa shape index (κ1) is 24.0. The van der Waals surface area contributed by atoms with E-state index in [1.807, 2.05) is 49.4 Å². The van der Waals surface area contributed by atoms with Crippen LogP contribution < -0.4 is 9.47 Å². The van der Waals surface area contributed by atoms with E-state index in [4.69, 9.17) is 25.8 Å². The Bertz CT molecular complexity index is 1150. The van der Waals surface area contributed by atoms with E-state index in [9.17, 15) is 9.59 Å². The van der Waals surface area contributed by atoms with Gasteiger partial charge in [0.25, 0.3) is 0 Å². The molecule has 0 radical (unpaired) electrons. The number of hydrogen-bond acceptors (Lipinski definition) is 6. The average Bonchev–Trinajstić information content (AvgIpc) is 2.83. The minimum atomic E-state index is -0.661. The highest BCUT2D eigenvalue weighted by molar-refractivity contribution is 6.30. The van der Waals surface area contributed by atoms with E-state index in [0.29, 0.717) is 40.8 Å². The normalized spacial score (nSPS) is 19.9. The first-order valence-electron chi connectivity index (χ1n) is 11.5. The third kappa shape index (κ3) is 4.87. The van der Waals surface area contributed by atoms with Crippen molar-refractivity contribution >= 4 is 29.1 Å². The van der Waals surface area contributed by atoms with Gasteiger partial charge in [0, 0.05) is 34.3 Å². The van der Waals surface area contributed by atoms with Crippen LogP contribution in [0, 0.1) is 5.92 Å². The zero-order valence-electron chi connectivity index (χ0n) is 19.6. The second-order valence-corrected chi connectivity index (χ2v) is 8.86. The van der Waals surface area contributed by atoms with E-state index in [2.05, 4.69) is 4.99 Å². The van der Waals surface area contributed by atoms with Crippen LogP contribution in [0.1, 0.15) is 50.2 Å². The summed E-state index contributed by atoms with van der Waals surface area (Å²) in [5.41, 5.74) is 3.83. The molecule has 0 amide bonds. The number of ether oxygens (including phenoxy) is 3. The van der Waals surface area contributed by atoms with E-state index in [1.54, 1.807) is 14.0 Å². The number of nitrogens with zero attached hydrogens (tertiary/aromatic N) is 1. The lowest BCUT2D eigenvalue weighted by Crippen LogP contribution is -2.37. The zero-order chi connectivity index (χ0) is 24.2. The van der Waals surface area contributed by atoms with Gasteiger partial charge in [0.05, 0.1) is 13.7 Å². The van der Waals surface area contributed by atoms with Crippen LogP contribution in [0.3, 0.4) is 0 Å².